The first-order chi connectivity index (χ1) is 13.1. The van der Waals surface area contributed by atoms with Gasteiger partial charge < -0.3 is 25.6 Å². The molecule has 2 aromatic carbocycles. The highest BCUT2D eigenvalue weighted by atomic mass is 35.5. The first-order valence-corrected chi connectivity index (χ1v) is 9.12. The first-order valence-electron chi connectivity index (χ1n) is 8.74. The summed E-state index contributed by atoms with van der Waals surface area (Å²) in [5.41, 5.74) is 1.72. The average molecular weight is 390 g/mol. The van der Waals surface area contributed by atoms with Crippen molar-refractivity contribution < 1.29 is 19.2 Å². The molecule has 1 fully saturated rings. The summed E-state index contributed by atoms with van der Waals surface area (Å²) in [7, 11) is 0. The van der Waals surface area contributed by atoms with E-state index in [1.165, 1.54) is 4.90 Å². The second-order valence-corrected chi connectivity index (χ2v) is 6.63. The largest absolute Gasteiger partial charge is 0.370 e. The Balaban J connectivity index is 1.54. The number of benzene rings is 2. The van der Waals surface area contributed by atoms with Crippen molar-refractivity contribution in [3.63, 3.8) is 0 Å². The van der Waals surface area contributed by atoms with Crippen LogP contribution in [0.15, 0.2) is 48.5 Å². The van der Waals surface area contributed by atoms with E-state index in [0.717, 1.165) is 13.1 Å². The lowest BCUT2D eigenvalue weighted by molar-refractivity contribution is -0.899. The molecular formula is C19H22ClN4O3+. The van der Waals surface area contributed by atoms with E-state index in [1.807, 2.05) is 0 Å². The van der Waals surface area contributed by atoms with Gasteiger partial charge in [0.15, 0.2) is 6.54 Å². The number of quaternary nitrogens is 1. The first kappa shape index (κ1) is 19.2. The molecule has 7 nitrogen and oxygen atoms in total. The minimum Gasteiger partial charge on any atom is -0.370 e. The van der Waals surface area contributed by atoms with Crippen molar-refractivity contribution in [2.45, 2.75) is 0 Å². The lowest BCUT2D eigenvalue weighted by atomic mass is 10.2. The Bertz CT molecular complexity index is 809. The van der Waals surface area contributed by atoms with E-state index in [-0.39, 0.29) is 5.91 Å². The maximum absolute atomic E-state index is 12.2. The SMILES string of the molecule is O=C(C[NH+]1CCOCC1)Nc1cccc(NC(=O)Nc2ccccc2Cl)c1. The van der Waals surface area contributed by atoms with Gasteiger partial charge in [-0.15, -0.1) is 0 Å². The van der Waals surface area contributed by atoms with Gasteiger partial charge in [0.25, 0.3) is 5.91 Å². The second kappa shape index (κ2) is 9.36. The van der Waals surface area contributed by atoms with Crippen LogP contribution in [0.2, 0.25) is 5.02 Å². The topological polar surface area (TPSA) is 83.9 Å². The van der Waals surface area contributed by atoms with Crippen LogP contribution in [0.1, 0.15) is 0 Å². The Kier molecular flexibility index (Phi) is 6.64. The third kappa shape index (κ3) is 5.96. The highest BCUT2D eigenvalue weighted by Gasteiger charge is 2.17. The summed E-state index contributed by atoms with van der Waals surface area (Å²) >= 11 is 6.03. The zero-order chi connectivity index (χ0) is 19.1. The number of rotatable bonds is 5. The summed E-state index contributed by atoms with van der Waals surface area (Å²) in [6.45, 7) is 3.42. The maximum atomic E-state index is 12.2. The highest BCUT2D eigenvalue weighted by molar-refractivity contribution is 6.33. The number of hydrogen-bond acceptors (Lipinski definition) is 3. The summed E-state index contributed by atoms with van der Waals surface area (Å²) in [4.78, 5) is 25.6. The zero-order valence-corrected chi connectivity index (χ0v) is 15.5. The molecule has 1 heterocycles. The average Bonchev–Trinajstić information content (AvgIpc) is 2.64. The number of carbonyl (C=O) groups excluding carboxylic acids is 2. The van der Waals surface area contributed by atoms with Gasteiger partial charge in [0.1, 0.15) is 13.1 Å². The van der Waals surface area contributed by atoms with Crippen molar-refractivity contribution in [2.75, 3.05) is 48.8 Å². The second-order valence-electron chi connectivity index (χ2n) is 6.23. The van der Waals surface area contributed by atoms with Gasteiger partial charge in [-0.05, 0) is 30.3 Å². The Morgan fingerprint density at radius 3 is 2.41 bits per heavy atom. The number of amides is 3. The fourth-order valence-electron chi connectivity index (χ4n) is 2.79. The predicted octanol–water partition coefficient (Wildman–Crippen LogP) is 1.84. The number of morpholine rings is 1. The smallest absolute Gasteiger partial charge is 0.323 e. The molecule has 0 spiro atoms. The Morgan fingerprint density at radius 2 is 1.67 bits per heavy atom. The summed E-state index contributed by atoms with van der Waals surface area (Å²) in [5.74, 6) is -0.0652. The van der Waals surface area contributed by atoms with Gasteiger partial charge in [0.05, 0.1) is 23.9 Å². The molecule has 0 atom stereocenters. The van der Waals surface area contributed by atoms with Gasteiger partial charge in [-0.3, -0.25) is 4.79 Å². The number of carbonyl (C=O) groups is 2. The summed E-state index contributed by atoms with van der Waals surface area (Å²) in [5, 5.41) is 8.75. The molecule has 0 unspecified atom stereocenters. The monoisotopic (exact) mass is 389 g/mol. The number of ether oxygens (including phenoxy) is 1. The molecule has 2 aromatic rings. The number of urea groups is 1. The van der Waals surface area contributed by atoms with E-state index >= 15 is 0 Å². The molecule has 8 heteroatoms. The number of halogens is 1. The van der Waals surface area contributed by atoms with E-state index < -0.39 is 6.03 Å². The number of para-hydroxylation sites is 1. The van der Waals surface area contributed by atoms with Gasteiger partial charge in [-0.25, -0.2) is 4.79 Å². The van der Waals surface area contributed by atoms with Crippen LogP contribution in [0.5, 0.6) is 0 Å². The molecular weight excluding hydrogens is 368 g/mol. The fourth-order valence-corrected chi connectivity index (χ4v) is 2.97. The number of nitrogens with one attached hydrogen (secondary N) is 4. The van der Waals surface area contributed by atoms with Crippen LogP contribution < -0.4 is 20.9 Å². The summed E-state index contributed by atoms with van der Waals surface area (Å²) in [6, 6.07) is 13.6. The molecule has 1 saturated heterocycles. The number of anilines is 3. The normalized spacial score (nSPS) is 14.4. The molecule has 0 aliphatic carbocycles. The zero-order valence-electron chi connectivity index (χ0n) is 14.8. The van der Waals surface area contributed by atoms with Gasteiger partial charge in [-0.1, -0.05) is 29.8 Å². The molecule has 1 aliphatic rings. The van der Waals surface area contributed by atoms with E-state index in [1.54, 1.807) is 48.5 Å². The quantitative estimate of drug-likeness (QED) is 0.629. The molecule has 0 saturated carbocycles. The molecule has 0 radical (unpaired) electrons. The molecule has 0 bridgehead atoms. The van der Waals surface area contributed by atoms with E-state index in [2.05, 4.69) is 16.0 Å². The van der Waals surface area contributed by atoms with Crippen LogP contribution >= 0.6 is 11.6 Å². The molecule has 1 aliphatic heterocycles. The highest BCUT2D eigenvalue weighted by Crippen LogP contribution is 2.21. The van der Waals surface area contributed by atoms with Crippen molar-refractivity contribution in [3.05, 3.63) is 53.6 Å². The van der Waals surface area contributed by atoms with Crippen molar-refractivity contribution >= 4 is 40.6 Å². The standard InChI is InChI=1S/C19H21ClN4O3/c20-16-6-1-2-7-17(16)23-19(26)22-15-5-3-4-14(12-15)21-18(25)13-24-8-10-27-11-9-24/h1-7,12H,8-11,13H2,(H,21,25)(H2,22,23,26)/p+1. The number of hydrogen-bond donors (Lipinski definition) is 4. The van der Waals surface area contributed by atoms with Crippen molar-refractivity contribution in [1.82, 2.24) is 0 Å². The van der Waals surface area contributed by atoms with E-state index in [4.69, 9.17) is 16.3 Å². The van der Waals surface area contributed by atoms with Gasteiger partial charge >= 0.3 is 6.03 Å². The lowest BCUT2D eigenvalue weighted by Crippen LogP contribution is -3.15. The summed E-state index contributed by atoms with van der Waals surface area (Å²) in [6.07, 6.45) is 0. The van der Waals surface area contributed by atoms with Crippen LogP contribution in [0.3, 0.4) is 0 Å². The Hall–Kier alpha value is -2.61. The van der Waals surface area contributed by atoms with Crippen molar-refractivity contribution in [2.24, 2.45) is 0 Å². The minimum absolute atomic E-state index is 0.0652. The van der Waals surface area contributed by atoms with Crippen LogP contribution in [-0.2, 0) is 9.53 Å². The van der Waals surface area contributed by atoms with Gasteiger partial charge in [0.2, 0.25) is 0 Å². The van der Waals surface area contributed by atoms with Crippen molar-refractivity contribution in [1.29, 1.82) is 0 Å². The Morgan fingerprint density at radius 1 is 0.963 bits per heavy atom. The maximum Gasteiger partial charge on any atom is 0.323 e. The van der Waals surface area contributed by atoms with E-state index in [9.17, 15) is 9.59 Å². The molecule has 3 amide bonds. The van der Waals surface area contributed by atoms with Crippen LogP contribution in [0.25, 0.3) is 0 Å². The predicted molar refractivity (Wildman–Crippen MR) is 106 cm³/mol. The minimum atomic E-state index is -0.413. The van der Waals surface area contributed by atoms with Crippen LogP contribution in [-0.4, -0.2) is 44.8 Å². The Labute approximate surface area is 162 Å². The third-order valence-electron chi connectivity index (χ3n) is 4.14. The molecule has 0 aromatic heterocycles. The molecule has 142 valence electrons. The van der Waals surface area contributed by atoms with Crippen LogP contribution in [0.4, 0.5) is 21.9 Å². The molecule has 27 heavy (non-hydrogen) atoms. The lowest BCUT2D eigenvalue weighted by Gasteiger charge is -2.23. The van der Waals surface area contributed by atoms with Gasteiger partial charge in [0, 0.05) is 11.4 Å². The van der Waals surface area contributed by atoms with Gasteiger partial charge in [-0.2, -0.15) is 0 Å². The van der Waals surface area contributed by atoms with E-state index in [0.29, 0.717) is 41.8 Å². The fraction of sp³-hybridized carbons (Fsp3) is 0.263. The van der Waals surface area contributed by atoms with Crippen molar-refractivity contribution in [3.8, 4) is 0 Å². The van der Waals surface area contributed by atoms with Crippen LogP contribution in [0, 0.1) is 0 Å². The summed E-state index contributed by atoms with van der Waals surface area (Å²) < 4.78 is 5.30. The third-order valence-corrected chi connectivity index (χ3v) is 4.47. The molecule has 3 rings (SSSR count). The molecule has 4 N–H and O–H groups in total.